The second kappa shape index (κ2) is 12.8. The summed E-state index contributed by atoms with van der Waals surface area (Å²) in [5.74, 6) is -0.330. The van der Waals surface area contributed by atoms with Gasteiger partial charge in [0.05, 0.1) is 24.9 Å². The van der Waals surface area contributed by atoms with Crippen molar-refractivity contribution in [3.63, 3.8) is 0 Å². The van der Waals surface area contributed by atoms with Crippen LogP contribution in [0, 0.1) is 24.5 Å². The summed E-state index contributed by atoms with van der Waals surface area (Å²) in [6.07, 6.45) is 5.96. The summed E-state index contributed by atoms with van der Waals surface area (Å²) in [5.41, 5.74) is 0.0798. The Morgan fingerprint density at radius 1 is 1.21 bits per heavy atom. The Bertz CT molecular complexity index is 1190. The number of halogens is 2. The molecule has 1 aliphatic heterocycles. The number of hydrogen-bond donors (Lipinski definition) is 3. The van der Waals surface area contributed by atoms with E-state index in [1.807, 2.05) is 19.1 Å². The number of hydrogen-bond acceptors (Lipinski definition) is 8. The van der Waals surface area contributed by atoms with E-state index in [1.54, 1.807) is 12.4 Å². The van der Waals surface area contributed by atoms with Crippen molar-refractivity contribution in [2.24, 2.45) is 5.92 Å². The Kier molecular flexibility index (Phi) is 9.24. The quantitative estimate of drug-likeness (QED) is 0.322. The van der Waals surface area contributed by atoms with Gasteiger partial charge in [0, 0.05) is 44.2 Å². The zero-order valence-electron chi connectivity index (χ0n) is 21.2. The van der Waals surface area contributed by atoms with Gasteiger partial charge in [-0.25, -0.2) is 18.7 Å². The van der Waals surface area contributed by atoms with Crippen LogP contribution in [0.25, 0.3) is 11.3 Å². The van der Waals surface area contributed by atoms with E-state index in [4.69, 9.17) is 14.3 Å². The van der Waals surface area contributed by atoms with Gasteiger partial charge in [0.2, 0.25) is 5.95 Å². The molecule has 0 aliphatic carbocycles. The average molecular weight is 531 g/mol. The van der Waals surface area contributed by atoms with Crippen molar-refractivity contribution in [1.82, 2.24) is 15.3 Å². The molecule has 3 heterocycles. The van der Waals surface area contributed by atoms with Crippen LogP contribution in [-0.4, -0.2) is 65.0 Å². The van der Waals surface area contributed by atoms with Gasteiger partial charge in [-0.15, -0.1) is 0 Å². The van der Waals surface area contributed by atoms with E-state index >= 15 is 0 Å². The Morgan fingerprint density at radius 3 is 2.50 bits per heavy atom. The molecule has 0 radical (unpaired) electrons. The standard InChI is InChI=1S/C27H32F2N4O5/c1-17-4-5-24(38-17)19-13-31-27(32-14-19)33-8-6-18(7-9-33)3-2-10-37-21-11-22(28)25(23(29)12-21)26(36)30-15-20(35)16-34/h4-5,11-14,18,20,34-35H,2-3,6-10,15-16H2,1H3,(H,30,36). The Morgan fingerprint density at radius 2 is 1.89 bits per heavy atom. The Labute approximate surface area is 219 Å². The number of aryl methyl sites for hydroxylation is 1. The molecule has 38 heavy (non-hydrogen) atoms. The minimum atomic E-state index is -1.21. The molecule has 1 aliphatic rings. The van der Waals surface area contributed by atoms with Crippen LogP contribution in [-0.2, 0) is 0 Å². The lowest BCUT2D eigenvalue weighted by Crippen LogP contribution is -2.35. The molecule has 3 aromatic rings. The molecule has 1 amide bonds. The van der Waals surface area contributed by atoms with Gasteiger partial charge in [-0.2, -0.15) is 0 Å². The number of carbonyl (C=O) groups is 1. The molecule has 1 saturated heterocycles. The van der Waals surface area contributed by atoms with Crippen molar-refractivity contribution in [3.05, 3.63) is 59.6 Å². The molecule has 11 heteroatoms. The normalized spacial score (nSPS) is 14.9. The molecule has 204 valence electrons. The third-order valence-corrected chi connectivity index (χ3v) is 6.54. The lowest BCUT2D eigenvalue weighted by atomic mass is 9.92. The fourth-order valence-corrected chi connectivity index (χ4v) is 4.40. The molecule has 1 fully saturated rings. The summed E-state index contributed by atoms with van der Waals surface area (Å²) in [6, 6.07) is 5.75. The molecule has 1 unspecified atom stereocenters. The first-order valence-corrected chi connectivity index (χ1v) is 12.7. The van der Waals surface area contributed by atoms with E-state index in [0.717, 1.165) is 68.0 Å². The number of nitrogens with zero attached hydrogens (tertiary/aromatic N) is 3. The number of nitrogens with one attached hydrogen (secondary N) is 1. The number of furan rings is 1. The largest absolute Gasteiger partial charge is 0.493 e. The Balaban J connectivity index is 1.19. The number of aliphatic hydroxyl groups excluding tert-OH is 2. The molecule has 4 rings (SSSR count). The maximum Gasteiger partial charge on any atom is 0.257 e. The third kappa shape index (κ3) is 7.05. The van der Waals surface area contributed by atoms with Crippen LogP contribution in [0.3, 0.4) is 0 Å². The summed E-state index contributed by atoms with van der Waals surface area (Å²) >= 11 is 0. The van der Waals surface area contributed by atoms with Crippen LogP contribution in [0.1, 0.15) is 41.8 Å². The summed E-state index contributed by atoms with van der Waals surface area (Å²) < 4.78 is 39.8. The molecule has 0 spiro atoms. The van der Waals surface area contributed by atoms with Gasteiger partial charge in [-0.1, -0.05) is 0 Å². The number of benzene rings is 1. The van der Waals surface area contributed by atoms with Gasteiger partial charge < -0.3 is 29.6 Å². The minimum absolute atomic E-state index is 0.00654. The van der Waals surface area contributed by atoms with E-state index in [2.05, 4.69) is 20.2 Å². The minimum Gasteiger partial charge on any atom is -0.493 e. The molecule has 0 bridgehead atoms. The topological polar surface area (TPSA) is 121 Å². The Hall–Kier alpha value is -3.57. The summed E-state index contributed by atoms with van der Waals surface area (Å²) in [7, 11) is 0. The molecule has 9 nitrogen and oxygen atoms in total. The van der Waals surface area contributed by atoms with Crippen molar-refractivity contribution in [3.8, 4) is 17.1 Å². The van der Waals surface area contributed by atoms with E-state index < -0.39 is 35.8 Å². The third-order valence-electron chi connectivity index (χ3n) is 6.54. The van der Waals surface area contributed by atoms with Gasteiger partial charge in [0.1, 0.15) is 34.5 Å². The summed E-state index contributed by atoms with van der Waals surface area (Å²) in [5, 5.41) is 20.2. The van der Waals surface area contributed by atoms with Crippen LogP contribution >= 0.6 is 0 Å². The number of rotatable bonds is 11. The SMILES string of the molecule is Cc1ccc(-c2cnc(N3CCC(CCCOc4cc(F)c(C(=O)NCC(O)CO)c(F)c4)CC3)nc2)o1. The van der Waals surface area contributed by atoms with Crippen molar-refractivity contribution in [1.29, 1.82) is 0 Å². The predicted octanol–water partition coefficient (Wildman–Crippen LogP) is 3.48. The number of aliphatic hydroxyl groups is 2. The zero-order valence-corrected chi connectivity index (χ0v) is 21.2. The van der Waals surface area contributed by atoms with Crippen molar-refractivity contribution in [2.45, 2.75) is 38.7 Å². The van der Waals surface area contributed by atoms with Crippen LogP contribution in [0.5, 0.6) is 5.75 Å². The molecule has 3 N–H and O–H groups in total. The molecular formula is C27H32F2N4O5. The van der Waals surface area contributed by atoms with Gasteiger partial charge in [0.15, 0.2) is 0 Å². The second-order valence-corrected chi connectivity index (χ2v) is 9.41. The highest BCUT2D eigenvalue weighted by molar-refractivity contribution is 5.94. The molecule has 2 aromatic heterocycles. The van der Waals surface area contributed by atoms with Gasteiger partial charge in [-0.05, 0) is 50.7 Å². The average Bonchev–Trinajstić information content (AvgIpc) is 3.36. The highest BCUT2D eigenvalue weighted by Crippen LogP contribution is 2.27. The molecule has 1 aromatic carbocycles. The van der Waals surface area contributed by atoms with Gasteiger partial charge in [0.25, 0.3) is 5.91 Å². The highest BCUT2D eigenvalue weighted by Gasteiger charge is 2.22. The molecule has 0 saturated carbocycles. The summed E-state index contributed by atoms with van der Waals surface area (Å²) in [4.78, 5) is 23.2. The number of anilines is 1. The smallest absolute Gasteiger partial charge is 0.257 e. The van der Waals surface area contributed by atoms with Gasteiger partial charge >= 0.3 is 0 Å². The number of piperidine rings is 1. The van der Waals surface area contributed by atoms with Crippen molar-refractivity contribution in [2.75, 3.05) is 37.7 Å². The fourth-order valence-electron chi connectivity index (χ4n) is 4.40. The first kappa shape index (κ1) is 27.5. The predicted molar refractivity (Wildman–Crippen MR) is 136 cm³/mol. The lowest BCUT2D eigenvalue weighted by molar-refractivity contribution is 0.0796. The number of amides is 1. The second-order valence-electron chi connectivity index (χ2n) is 9.41. The lowest BCUT2D eigenvalue weighted by Gasteiger charge is -2.32. The van der Waals surface area contributed by atoms with E-state index in [-0.39, 0.29) is 12.3 Å². The maximum absolute atomic E-state index is 14.3. The first-order valence-electron chi connectivity index (χ1n) is 12.7. The highest BCUT2D eigenvalue weighted by atomic mass is 19.1. The molecule has 1 atom stereocenters. The van der Waals surface area contributed by atoms with Crippen LogP contribution in [0.2, 0.25) is 0 Å². The van der Waals surface area contributed by atoms with Crippen molar-refractivity contribution >= 4 is 11.9 Å². The molecular weight excluding hydrogens is 498 g/mol. The number of carbonyl (C=O) groups excluding carboxylic acids is 1. The monoisotopic (exact) mass is 530 g/mol. The van der Waals surface area contributed by atoms with Crippen LogP contribution in [0.15, 0.2) is 41.1 Å². The number of ether oxygens (including phenoxy) is 1. The van der Waals surface area contributed by atoms with E-state index in [9.17, 15) is 18.7 Å². The van der Waals surface area contributed by atoms with Crippen molar-refractivity contribution < 1.29 is 32.9 Å². The van der Waals surface area contributed by atoms with Crippen LogP contribution in [0.4, 0.5) is 14.7 Å². The number of aromatic nitrogens is 2. The maximum atomic E-state index is 14.3. The van der Waals surface area contributed by atoms with E-state index in [0.29, 0.717) is 18.5 Å². The van der Waals surface area contributed by atoms with E-state index in [1.165, 1.54) is 0 Å². The fraction of sp³-hybridized carbons (Fsp3) is 0.444. The zero-order chi connectivity index (χ0) is 27.1. The first-order chi connectivity index (χ1) is 18.3. The van der Waals surface area contributed by atoms with Crippen LogP contribution < -0.4 is 15.0 Å². The van der Waals surface area contributed by atoms with Gasteiger partial charge in [-0.3, -0.25) is 4.79 Å². The summed E-state index contributed by atoms with van der Waals surface area (Å²) in [6.45, 7) is 2.98.